The molecule has 184 valence electrons. The molecular formula is C29H22N8S. The van der Waals surface area contributed by atoms with Crippen LogP contribution in [0.3, 0.4) is 0 Å². The third-order valence-corrected chi connectivity index (χ3v) is 7.17. The topological polar surface area (TPSA) is 108 Å². The minimum Gasteiger partial charge on any atom is -0.335 e. The fourth-order valence-electron chi connectivity index (χ4n) is 4.61. The molecule has 0 unspecified atom stereocenters. The quantitative estimate of drug-likeness (QED) is 0.242. The summed E-state index contributed by atoms with van der Waals surface area (Å²) in [6, 6.07) is 18.6. The smallest absolute Gasteiger partial charge is 0.178 e. The standard InChI is InChI=1S/C29H22N8S/c1-2-4-18(5-3-1)12-30-13-19-10-21(15-31-14-19)24-11-23-25(16-33-24)36-37-27(23)29-34-26-22(20-7-9-38-17-20)6-8-32-28(26)35-29/h1-11,14-17,30H,12-13H2,(H,36,37)(H,32,34,35). The van der Waals surface area contributed by atoms with Crippen molar-refractivity contribution < 1.29 is 0 Å². The first-order chi connectivity index (χ1) is 18.8. The second-order valence-electron chi connectivity index (χ2n) is 9.01. The van der Waals surface area contributed by atoms with Crippen molar-refractivity contribution in [1.29, 1.82) is 0 Å². The van der Waals surface area contributed by atoms with Gasteiger partial charge in [0.05, 0.1) is 22.9 Å². The number of imidazole rings is 1. The first kappa shape index (κ1) is 22.5. The normalized spacial score (nSPS) is 11.5. The summed E-state index contributed by atoms with van der Waals surface area (Å²) in [6.45, 7) is 1.52. The molecule has 0 aliphatic heterocycles. The highest BCUT2D eigenvalue weighted by Gasteiger charge is 2.17. The Hall–Kier alpha value is -4.73. The van der Waals surface area contributed by atoms with Crippen LogP contribution in [0.4, 0.5) is 0 Å². The molecule has 1 aromatic carbocycles. The molecule has 0 saturated heterocycles. The van der Waals surface area contributed by atoms with Crippen LogP contribution in [-0.4, -0.2) is 35.1 Å². The summed E-state index contributed by atoms with van der Waals surface area (Å²) in [5, 5.41) is 16.3. The largest absolute Gasteiger partial charge is 0.335 e. The predicted molar refractivity (Wildman–Crippen MR) is 150 cm³/mol. The molecule has 7 rings (SSSR count). The summed E-state index contributed by atoms with van der Waals surface area (Å²) in [5.41, 5.74) is 9.45. The Morgan fingerprint density at radius 3 is 2.68 bits per heavy atom. The van der Waals surface area contributed by atoms with Gasteiger partial charge in [-0.3, -0.25) is 15.1 Å². The molecule has 9 heteroatoms. The van der Waals surface area contributed by atoms with Gasteiger partial charge in [0.15, 0.2) is 11.5 Å². The number of thiophene rings is 1. The Morgan fingerprint density at radius 1 is 0.868 bits per heavy atom. The van der Waals surface area contributed by atoms with Gasteiger partial charge in [-0.15, -0.1) is 0 Å². The lowest BCUT2D eigenvalue weighted by atomic mass is 10.1. The highest BCUT2D eigenvalue weighted by Crippen LogP contribution is 2.32. The Labute approximate surface area is 221 Å². The number of hydrogen-bond donors (Lipinski definition) is 3. The van der Waals surface area contributed by atoms with E-state index in [0.29, 0.717) is 18.0 Å². The minimum atomic E-state index is 0.661. The Bertz CT molecular complexity index is 1850. The number of H-pyrrole nitrogens is 2. The van der Waals surface area contributed by atoms with Gasteiger partial charge in [-0.2, -0.15) is 16.4 Å². The van der Waals surface area contributed by atoms with E-state index in [-0.39, 0.29) is 0 Å². The highest BCUT2D eigenvalue weighted by atomic mass is 32.1. The van der Waals surface area contributed by atoms with E-state index in [2.05, 4.69) is 82.6 Å². The van der Waals surface area contributed by atoms with Crippen molar-refractivity contribution in [2.45, 2.75) is 13.1 Å². The van der Waals surface area contributed by atoms with Crippen molar-refractivity contribution in [2.24, 2.45) is 0 Å². The zero-order chi connectivity index (χ0) is 25.3. The van der Waals surface area contributed by atoms with Gasteiger partial charge < -0.3 is 10.3 Å². The zero-order valence-corrected chi connectivity index (χ0v) is 21.0. The van der Waals surface area contributed by atoms with Gasteiger partial charge in [-0.1, -0.05) is 30.3 Å². The predicted octanol–water partition coefficient (Wildman–Crippen LogP) is 5.98. The monoisotopic (exact) mass is 514 g/mol. The van der Waals surface area contributed by atoms with E-state index in [1.54, 1.807) is 23.7 Å². The molecule has 6 heterocycles. The average Bonchev–Trinajstić information content (AvgIpc) is 3.73. The highest BCUT2D eigenvalue weighted by molar-refractivity contribution is 7.08. The summed E-state index contributed by atoms with van der Waals surface area (Å²) in [6.07, 6.45) is 7.32. The summed E-state index contributed by atoms with van der Waals surface area (Å²) in [7, 11) is 0. The third kappa shape index (κ3) is 4.23. The minimum absolute atomic E-state index is 0.661. The van der Waals surface area contributed by atoms with E-state index in [0.717, 1.165) is 56.6 Å². The van der Waals surface area contributed by atoms with Gasteiger partial charge in [-0.05, 0) is 51.7 Å². The maximum atomic E-state index is 4.76. The van der Waals surface area contributed by atoms with Gasteiger partial charge in [0, 0.05) is 48.2 Å². The van der Waals surface area contributed by atoms with E-state index in [1.807, 2.05) is 30.6 Å². The Balaban J connectivity index is 1.20. The zero-order valence-electron chi connectivity index (χ0n) is 20.2. The van der Waals surface area contributed by atoms with Gasteiger partial charge in [-0.25, -0.2) is 9.97 Å². The maximum absolute atomic E-state index is 4.76. The van der Waals surface area contributed by atoms with Crippen LogP contribution in [0.5, 0.6) is 0 Å². The summed E-state index contributed by atoms with van der Waals surface area (Å²) < 4.78 is 0. The van der Waals surface area contributed by atoms with Gasteiger partial charge in [0.2, 0.25) is 0 Å². The first-order valence-electron chi connectivity index (χ1n) is 12.2. The average molecular weight is 515 g/mol. The van der Waals surface area contributed by atoms with Crippen LogP contribution in [0.1, 0.15) is 11.1 Å². The van der Waals surface area contributed by atoms with E-state index in [1.165, 1.54) is 5.56 Å². The van der Waals surface area contributed by atoms with Crippen LogP contribution < -0.4 is 5.32 Å². The molecule has 0 spiro atoms. The number of pyridine rings is 3. The van der Waals surface area contributed by atoms with Gasteiger partial charge in [0.25, 0.3) is 0 Å². The van der Waals surface area contributed by atoms with E-state index >= 15 is 0 Å². The lowest BCUT2D eigenvalue weighted by molar-refractivity contribution is 0.691. The fourth-order valence-corrected chi connectivity index (χ4v) is 5.26. The molecule has 0 atom stereocenters. The van der Waals surface area contributed by atoms with Crippen LogP contribution in [-0.2, 0) is 13.1 Å². The second-order valence-corrected chi connectivity index (χ2v) is 9.79. The van der Waals surface area contributed by atoms with Crippen molar-refractivity contribution in [3.8, 4) is 33.9 Å². The van der Waals surface area contributed by atoms with Crippen LogP contribution in [0.2, 0.25) is 0 Å². The van der Waals surface area contributed by atoms with Crippen molar-refractivity contribution >= 4 is 33.4 Å². The number of fused-ring (bicyclic) bond motifs is 2. The third-order valence-electron chi connectivity index (χ3n) is 6.49. The molecule has 3 N–H and O–H groups in total. The lowest BCUT2D eigenvalue weighted by Crippen LogP contribution is -2.12. The fraction of sp³-hybridized carbons (Fsp3) is 0.0690. The summed E-state index contributed by atoms with van der Waals surface area (Å²) >= 11 is 1.66. The number of rotatable bonds is 7. The summed E-state index contributed by atoms with van der Waals surface area (Å²) in [4.78, 5) is 21.8. The van der Waals surface area contributed by atoms with Crippen molar-refractivity contribution in [1.82, 2.24) is 40.4 Å². The molecule has 8 nitrogen and oxygen atoms in total. The van der Waals surface area contributed by atoms with Gasteiger partial charge >= 0.3 is 0 Å². The van der Waals surface area contributed by atoms with E-state index in [4.69, 9.17) is 4.98 Å². The molecule has 0 aliphatic carbocycles. The molecule has 0 bridgehead atoms. The SMILES string of the molecule is c1ccc(CNCc2cncc(-c3cc4c(-c5nc6nccc(-c7ccsc7)c6[nH]5)n[nH]c4cn3)c2)cc1. The molecule has 38 heavy (non-hydrogen) atoms. The first-order valence-corrected chi connectivity index (χ1v) is 13.2. The number of aromatic amines is 2. The van der Waals surface area contributed by atoms with Crippen LogP contribution in [0.25, 0.3) is 56.0 Å². The Morgan fingerprint density at radius 2 is 1.79 bits per heavy atom. The molecule has 0 fully saturated rings. The van der Waals surface area contributed by atoms with Crippen LogP contribution in [0, 0.1) is 0 Å². The van der Waals surface area contributed by atoms with Crippen LogP contribution in [0.15, 0.2) is 90.1 Å². The lowest BCUT2D eigenvalue weighted by Gasteiger charge is -2.07. The van der Waals surface area contributed by atoms with Crippen LogP contribution >= 0.6 is 11.3 Å². The summed E-state index contributed by atoms with van der Waals surface area (Å²) in [5.74, 6) is 0.663. The molecule has 0 amide bonds. The molecule has 0 aliphatic rings. The molecular weight excluding hydrogens is 492 g/mol. The molecule has 0 radical (unpaired) electrons. The molecule has 0 saturated carbocycles. The van der Waals surface area contributed by atoms with Gasteiger partial charge in [0.1, 0.15) is 5.69 Å². The molecule has 7 aromatic rings. The second kappa shape index (κ2) is 9.62. The number of nitrogens with one attached hydrogen (secondary N) is 3. The number of nitrogens with zero attached hydrogens (tertiary/aromatic N) is 5. The number of benzene rings is 1. The van der Waals surface area contributed by atoms with Crippen molar-refractivity contribution in [3.63, 3.8) is 0 Å². The number of hydrogen-bond acceptors (Lipinski definition) is 7. The number of aromatic nitrogens is 7. The Kier molecular flexibility index (Phi) is 5.69. The van der Waals surface area contributed by atoms with E-state index in [9.17, 15) is 0 Å². The van der Waals surface area contributed by atoms with E-state index < -0.39 is 0 Å². The van der Waals surface area contributed by atoms with Crippen molar-refractivity contribution in [3.05, 3.63) is 101 Å². The maximum Gasteiger partial charge on any atom is 0.178 e. The molecule has 6 aromatic heterocycles. The van der Waals surface area contributed by atoms with Crippen molar-refractivity contribution in [2.75, 3.05) is 0 Å².